The van der Waals surface area contributed by atoms with Gasteiger partial charge in [-0.15, -0.1) is 0 Å². The lowest BCUT2D eigenvalue weighted by Gasteiger charge is -2.44. The summed E-state index contributed by atoms with van der Waals surface area (Å²) in [5.41, 5.74) is 0.546. The normalized spacial score (nSPS) is 27.2. The predicted molar refractivity (Wildman–Crippen MR) is 104 cm³/mol. The predicted octanol–water partition coefficient (Wildman–Crippen LogP) is 1.40. The number of amides is 2. The molecule has 4 atom stereocenters. The highest BCUT2D eigenvalue weighted by Crippen LogP contribution is 2.29. The van der Waals surface area contributed by atoms with Crippen molar-refractivity contribution in [2.45, 2.75) is 43.6 Å². The summed E-state index contributed by atoms with van der Waals surface area (Å²) in [6.45, 7) is 0.456. The van der Waals surface area contributed by atoms with E-state index in [1.165, 1.54) is 14.2 Å². The number of urea groups is 1. The fraction of sp³-hybridized carbons (Fsp3) is 0.600. The lowest BCUT2D eigenvalue weighted by atomic mass is 9.95. The summed E-state index contributed by atoms with van der Waals surface area (Å²) in [7, 11) is 2.88. The Hall–Kier alpha value is -2.36. The molecule has 1 aromatic rings. The molecule has 2 heterocycles. The minimum atomic E-state index is -0.799. The van der Waals surface area contributed by atoms with E-state index in [1.54, 1.807) is 23.1 Å². The van der Waals surface area contributed by atoms with E-state index < -0.39 is 12.2 Å². The second-order valence-corrected chi connectivity index (χ2v) is 7.20. The third-order valence-electron chi connectivity index (χ3n) is 5.21. The lowest BCUT2D eigenvalue weighted by molar-refractivity contribution is -0.159. The Labute approximate surface area is 169 Å². The fourth-order valence-electron chi connectivity index (χ4n) is 3.78. The van der Waals surface area contributed by atoms with Crippen molar-refractivity contribution in [3.63, 3.8) is 0 Å². The molecule has 0 aromatic heterocycles. The number of hydrogen-bond donors (Lipinski definition) is 2. The molecular weight excluding hydrogens is 380 g/mol. The first-order valence-electron chi connectivity index (χ1n) is 9.70. The van der Waals surface area contributed by atoms with Gasteiger partial charge in [-0.05, 0) is 25.0 Å². The molecule has 0 aliphatic carbocycles. The van der Waals surface area contributed by atoms with Crippen LogP contribution in [0, 0.1) is 0 Å². The monoisotopic (exact) mass is 408 g/mol. The van der Waals surface area contributed by atoms with Crippen LogP contribution in [0.1, 0.15) is 19.3 Å². The number of ether oxygens (including phenoxy) is 4. The van der Waals surface area contributed by atoms with Crippen molar-refractivity contribution in [3.05, 3.63) is 24.3 Å². The SMILES string of the molecule is COC(=O)C[C@@H]1CC[C@@H]2[C@H](COC[C@H](O)CN2C(=O)Nc2ccccc2OC)O1. The average molecular weight is 408 g/mol. The third kappa shape index (κ3) is 5.37. The Morgan fingerprint density at radius 3 is 2.79 bits per heavy atom. The number of β-amino-alcohol motifs (C(OH)–C–C–N with tert-alkyl or cyclic N) is 1. The van der Waals surface area contributed by atoms with Crippen LogP contribution in [0.5, 0.6) is 5.75 Å². The summed E-state index contributed by atoms with van der Waals surface area (Å²) in [6.07, 6.45) is -0.0836. The standard InChI is InChI=1S/C20H28N2O7/c1-26-17-6-4-3-5-15(17)21-20(25)22-10-13(23)11-28-12-18-16(22)8-7-14(29-18)9-19(24)27-2/h3-6,13-14,16,18,23H,7-12H2,1-2H3,(H,21,25)/t13-,14+,16-,18+/m1/s1. The highest BCUT2D eigenvalue weighted by atomic mass is 16.6. The molecule has 0 saturated carbocycles. The van der Waals surface area contributed by atoms with Gasteiger partial charge in [0, 0.05) is 0 Å². The highest BCUT2D eigenvalue weighted by Gasteiger charge is 2.40. The van der Waals surface area contributed by atoms with E-state index in [9.17, 15) is 14.7 Å². The molecule has 1 aromatic carbocycles. The molecule has 0 spiro atoms. The molecule has 29 heavy (non-hydrogen) atoms. The van der Waals surface area contributed by atoms with Crippen LogP contribution in [-0.4, -0.2) is 80.3 Å². The molecule has 2 amide bonds. The van der Waals surface area contributed by atoms with Crippen LogP contribution in [0.2, 0.25) is 0 Å². The number of hydrogen-bond acceptors (Lipinski definition) is 7. The Kier molecular flexibility index (Phi) is 7.29. The zero-order chi connectivity index (χ0) is 20.8. The molecule has 160 valence electrons. The van der Waals surface area contributed by atoms with Crippen LogP contribution in [-0.2, 0) is 19.0 Å². The summed E-state index contributed by atoms with van der Waals surface area (Å²) in [5.74, 6) is 0.216. The number of nitrogens with one attached hydrogen (secondary N) is 1. The van der Waals surface area contributed by atoms with Gasteiger partial charge in [-0.2, -0.15) is 0 Å². The maximum absolute atomic E-state index is 13.1. The zero-order valence-corrected chi connectivity index (χ0v) is 16.7. The van der Waals surface area contributed by atoms with E-state index in [-0.39, 0.29) is 50.3 Å². The van der Waals surface area contributed by atoms with Gasteiger partial charge in [0.2, 0.25) is 0 Å². The van der Waals surface area contributed by atoms with Crippen molar-refractivity contribution in [2.24, 2.45) is 0 Å². The number of methoxy groups -OCH3 is 2. The Morgan fingerprint density at radius 2 is 2.03 bits per heavy atom. The number of para-hydroxylation sites is 2. The van der Waals surface area contributed by atoms with Crippen molar-refractivity contribution in [1.29, 1.82) is 0 Å². The summed E-state index contributed by atoms with van der Waals surface area (Å²) >= 11 is 0. The molecule has 2 aliphatic rings. The zero-order valence-electron chi connectivity index (χ0n) is 16.7. The van der Waals surface area contributed by atoms with Gasteiger partial charge in [-0.1, -0.05) is 12.1 Å². The number of aliphatic hydroxyl groups is 1. The number of esters is 1. The van der Waals surface area contributed by atoms with E-state index >= 15 is 0 Å². The van der Waals surface area contributed by atoms with E-state index in [0.717, 1.165) is 0 Å². The smallest absolute Gasteiger partial charge is 0.322 e. The molecule has 0 bridgehead atoms. The maximum atomic E-state index is 13.1. The number of aliphatic hydroxyl groups excluding tert-OH is 1. The number of benzene rings is 1. The number of fused-ring (bicyclic) bond motifs is 1. The fourth-order valence-corrected chi connectivity index (χ4v) is 3.78. The number of carbonyl (C=O) groups excluding carboxylic acids is 2. The molecular formula is C20H28N2O7. The van der Waals surface area contributed by atoms with Crippen molar-refractivity contribution in [2.75, 3.05) is 39.3 Å². The molecule has 9 heteroatoms. The molecule has 9 nitrogen and oxygen atoms in total. The molecule has 2 saturated heterocycles. The highest BCUT2D eigenvalue weighted by molar-refractivity contribution is 5.91. The Morgan fingerprint density at radius 1 is 1.24 bits per heavy atom. The van der Waals surface area contributed by atoms with Gasteiger partial charge in [0.05, 0.1) is 64.3 Å². The van der Waals surface area contributed by atoms with Crippen LogP contribution in [0.3, 0.4) is 0 Å². The van der Waals surface area contributed by atoms with Crippen LogP contribution < -0.4 is 10.1 Å². The summed E-state index contributed by atoms with van der Waals surface area (Å²) in [5, 5.41) is 13.1. The minimum Gasteiger partial charge on any atom is -0.495 e. The van der Waals surface area contributed by atoms with Crippen LogP contribution in [0.15, 0.2) is 24.3 Å². The number of anilines is 1. The number of carbonyl (C=O) groups is 2. The third-order valence-corrected chi connectivity index (χ3v) is 5.21. The Bertz CT molecular complexity index is 714. The lowest BCUT2D eigenvalue weighted by Crippen LogP contribution is -2.58. The van der Waals surface area contributed by atoms with Crippen LogP contribution in [0.4, 0.5) is 10.5 Å². The number of rotatable bonds is 4. The van der Waals surface area contributed by atoms with Gasteiger partial charge >= 0.3 is 12.0 Å². The summed E-state index contributed by atoms with van der Waals surface area (Å²) in [6, 6.07) is 6.50. The molecule has 0 unspecified atom stereocenters. The van der Waals surface area contributed by atoms with Gasteiger partial charge in [0.15, 0.2) is 0 Å². The van der Waals surface area contributed by atoms with E-state index in [1.807, 2.05) is 6.07 Å². The van der Waals surface area contributed by atoms with Crippen LogP contribution >= 0.6 is 0 Å². The van der Waals surface area contributed by atoms with Crippen LogP contribution in [0.25, 0.3) is 0 Å². The largest absolute Gasteiger partial charge is 0.495 e. The topological polar surface area (TPSA) is 107 Å². The first-order valence-corrected chi connectivity index (χ1v) is 9.70. The van der Waals surface area contributed by atoms with Crippen molar-refractivity contribution >= 4 is 17.7 Å². The van der Waals surface area contributed by atoms with E-state index in [0.29, 0.717) is 24.3 Å². The van der Waals surface area contributed by atoms with Crippen molar-refractivity contribution in [1.82, 2.24) is 4.90 Å². The minimum absolute atomic E-state index is 0.104. The van der Waals surface area contributed by atoms with Crippen molar-refractivity contribution in [3.8, 4) is 5.75 Å². The van der Waals surface area contributed by atoms with Gasteiger partial charge in [0.25, 0.3) is 0 Å². The Balaban J connectivity index is 1.74. The second-order valence-electron chi connectivity index (χ2n) is 7.20. The maximum Gasteiger partial charge on any atom is 0.322 e. The summed E-state index contributed by atoms with van der Waals surface area (Å²) < 4.78 is 21.6. The van der Waals surface area contributed by atoms with E-state index in [2.05, 4.69) is 5.32 Å². The first kappa shape index (κ1) is 21.4. The molecule has 2 N–H and O–H groups in total. The first-order chi connectivity index (χ1) is 14.0. The second kappa shape index (κ2) is 9.91. The van der Waals surface area contributed by atoms with Gasteiger partial charge < -0.3 is 34.3 Å². The van der Waals surface area contributed by atoms with Gasteiger partial charge in [-0.25, -0.2) is 4.79 Å². The molecule has 3 rings (SSSR count). The van der Waals surface area contributed by atoms with Gasteiger partial charge in [-0.3, -0.25) is 4.79 Å². The van der Waals surface area contributed by atoms with E-state index in [4.69, 9.17) is 18.9 Å². The molecule has 2 fully saturated rings. The average Bonchev–Trinajstić information content (AvgIpc) is 2.71. The quantitative estimate of drug-likeness (QED) is 0.725. The molecule has 0 radical (unpaired) electrons. The summed E-state index contributed by atoms with van der Waals surface area (Å²) in [4.78, 5) is 26.3. The number of nitrogens with zero attached hydrogens (tertiary/aromatic N) is 1. The molecule has 2 aliphatic heterocycles. The van der Waals surface area contributed by atoms with Gasteiger partial charge in [0.1, 0.15) is 11.9 Å². The van der Waals surface area contributed by atoms with Crippen molar-refractivity contribution < 1.29 is 33.6 Å².